The Morgan fingerprint density at radius 3 is 2.81 bits per heavy atom. The van der Waals surface area contributed by atoms with Crippen LogP contribution < -0.4 is 5.73 Å². The summed E-state index contributed by atoms with van der Waals surface area (Å²) in [6.45, 7) is -0.113. The number of hydrogen-bond donors (Lipinski definition) is 2. The Labute approximate surface area is 213 Å². The predicted molar refractivity (Wildman–Crippen MR) is 118 cm³/mol. The topological polar surface area (TPSA) is 144 Å². The van der Waals surface area contributed by atoms with Crippen molar-refractivity contribution < 1.29 is 28.0 Å². The van der Waals surface area contributed by atoms with E-state index in [4.69, 9.17) is 35.9 Å². The molecule has 0 spiro atoms. The van der Waals surface area contributed by atoms with Crippen LogP contribution in [0.25, 0.3) is 11.2 Å². The van der Waals surface area contributed by atoms with Gasteiger partial charge in [0.05, 0.1) is 6.61 Å². The van der Waals surface area contributed by atoms with Gasteiger partial charge in [0.25, 0.3) is 0 Å². The zero-order valence-corrected chi connectivity index (χ0v) is 18.5. The second-order valence-electron chi connectivity index (χ2n) is 6.85. The average molecular weight is 510 g/mol. The molecule has 0 aliphatic carbocycles. The van der Waals surface area contributed by atoms with Crippen molar-refractivity contribution in [2.75, 3.05) is 19.5 Å². The number of aromatic nitrogens is 4. The summed E-state index contributed by atoms with van der Waals surface area (Å²) >= 11 is 7.34. The van der Waals surface area contributed by atoms with E-state index in [-0.39, 0.29) is 42.0 Å². The molecule has 2 aromatic heterocycles. The van der Waals surface area contributed by atoms with Crippen LogP contribution in [0.2, 0.25) is 5.02 Å². The van der Waals surface area contributed by atoms with Crippen LogP contribution >= 0.6 is 31.2 Å². The van der Waals surface area contributed by atoms with Crippen LogP contribution in [0.3, 0.4) is 0 Å². The Kier molecular flexibility index (Phi) is 7.21. The zero-order valence-electron chi connectivity index (χ0n) is 16.0. The van der Waals surface area contributed by atoms with Crippen molar-refractivity contribution in [3.8, 4) is 0 Å². The van der Waals surface area contributed by atoms with E-state index in [9.17, 15) is 9.46 Å². The molecule has 4 heterocycles. The third-order valence-corrected chi connectivity index (χ3v) is 7.18. The number of ether oxygens (including phenoxy) is 2. The molecule has 2 aliphatic rings. The van der Waals surface area contributed by atoms with Gasteiger partial charge >= 0.3 is 37.4 Å². The third-order valence-electron chi connectivity index (χ3n) is 4.96. The Balaban J connectivity index is 0.00000245. The fourth-order valence-corrected chi connectivity index (χ4v) is 5.59. The van der Waals surface area contributed by atoms with Gasteiger partial charge in [0.15, 0.2) is 28.4 Å². The van der Waals surface area contributed by atoms with Gasteiger partial charge in [0.1, 0.15) is 24.6 Å². The average Bonchev–Trinajstić information content (AvgIpc) is 3.26. The second kappa shape index (κ2) is 9.47. The van der Waals surface area contributed by atoms with Gasteiger partial charge in [-0.3, -0.25) is 13.6 Å². The SMILES string of the molecule is COC1C2OP(=O)(O)OCC2OC1n1c(Sc2ccc(Cl)cc2)nc2c(N)ncnc21.[NaH]. The maximum atomic E-state index is 12.0. The number of nitrogens with two attached hydrogens (primary N) is 1. The summed E-state index contributed by atoms with van der Waals surface area (Å²) in [4.78, 5) is 23.6. The molecular weight excluding hydrogens is 492 g/mol. The number of anilines is 1. The molecule has 2 aliphatic heterocycles. The molecule has 0 amide bonds. The first-order valence-electron chi connectivity index (χ1n) is 9.12. The number of phosphoric acid groups is 1. The number of rotatable bonds is 4. The molecule has 166 valence electrons. The van der Waals surface area contributed by atoms with E-state index in [0.29, 0.717) is 21.3 Å². The first kappa shape index (κ1) is 24.4. The Bertz CT molecular complexity index is 1190. The molecule has 2 saturated heterocycles. The molecule has 0 bridgehead atoms. The van der Waals surface area contributed by atoms with Gasteiger partial charge in [-0.05, 0) is 24.3 Å². The normalized spacial score (nSPS) is 29.6. The molecule has 11 nitrogen and oxygen atoms in total. The van der Waals surface area contributed by atoms with Gasteiger partial charge in [0.2, 0.25) is 0 Å². The van der Waals surface area contributed by atoms with E-state index in [1.807, 2.05) is 12.1 Å². The summed E-state index contributed by atoms with van der Waals surface area (Å²) < 4.78 is 35.6. The van der Waals surface area contributed by atoms with E-state index in [0.717, 1.165) is 4.90 Å². The van der Waals surface area contributed by atoms with Crippen LogP contribution in [0.5, 0.6) is 0 Å². The molecule has 1 aromatic carbocycles. The quantitative estimate of drug-likeness (QED) is 0.393. The van der Waals surface area contributed by atoms with Crippen molar-refractivity contribution in [1.82, 2.24) is 19.5 Å². The van der Waals surface area contributed by atoms with Crippen molar-refractivity contribution in [3.63, 3.8) is 0 Å². The molecular formula is C17H18ClN5NaO6PS. The van der Waals surface area contributed by atoms with Crippen molar-refractivity contribution in [2.24, 2.45) is 0 Å². The van der Waals surface area contributed by atoms with Crippen LogP contribution in [0.15, 0.2) is 40.6 Å². The Hall–Kier alpha value is -0.760. The maximum absolute atomic E-state index is 12.0. The monoisotopic (exact) mass is 509 g/mol. The first-order chi connectivity index (χ1) is 14.9. The fraction of sp³-hybridized carbons (Fsp3) is 0.353. The van der Waals surface area contributed by atoms with Crippen LogP contribution in [0.4, 0.5) is 5.82 Å². The summed E-state index contributed by atoms with van der Waals surface area (Å²) in [5.41, 5.74) is 6.86. The van der Waals surface area contributed by atoms with Gasteiger partial charge in [-0.2, -0.15) is 0 Å². The number of fused-ring (bicyclic) bond motifs is 2. The molecule has 3 aromatic rings. The van der Waals surface area contributed by atoms with Crippen molar-refractivity contribution in [3.05, 3.63) is 35.6 Å². The van der Waals surface area contributed by atoms with Gasteiger partial charge in [0, 0.05) is 17.0 Å². The number of nitrogens with zero attached hydrogens (tertiary/aromatic N) is 4. The number of methoxy groups -OCH3 is 1. The van der Waals surface area contributed by atoms with Gasteiger partial charge < -0.3 is 20.1 Å². The van der Waals surface area contributed by atoms with E-state index in [2.05, 4.69) is 15.0 Å². The molecule has 0 radical (unpaired) electrons. The number of benzene rings is 1. The van der Waals surface area contributed by atoms with Crippen molar-refractivity contribution in [1.29, 1.82) is 0 Å². The molecule has 3 N–H and O–H groups in total. The minimum atomic E-state index is -4.19. The van der Waals surface area contributed by atoms with E-state index in [1.54, 1.807) is 16.7 Å². The van der Waals surface area contributed by atoms with E-state index in [1.165, 1.54) is 25.2 Å². The van der Waals surface area contributed by atoms with Gasteiger partial charge in [-0.1, -0.05) is 23.4 Å². The van der Waals surface area contributed by atoms with Crippen LogP contribution in [0.1, 0.15) is 6.23 Å². The number of phosphoric ester groups is 1. The molecule has 0 saturated carbocycles. The molecule has 32 heavy (non-hydrogen) atoms. The number of imidazole rings is 1. The predicted octanol–water partition coefficient (Wildman–Crippen LogP) is 1.99. The molecule has 15 heteroatoms. The number of halogens is 1. The summed E-state index contributed by atoms with van der Waals surface area (Å²) in [6, 6.07) is 7.25. The summed E-state index contributed by atoms with van der Waals surface area (Å²) in [5.74, 6) is 0.213. The van der Waals surface area contributed by atoms with E-state index < -0.39 is 32.4 Å². The number of nitrogen functional groups attached to an aromatic ring is 1. The molecule has 5 unspecified atom stereocenters. The van der Waals surface area contributed by atoms with Crippen molar-refractivity contribution >= 4 is 77.7 Å². The summed E-state index contributed by atoms with van der Waals surface area (Å²) in [6.07, 6.45) is -1.60. The number of hydrogen-bond acceptors (Lipinski definition) is 10. The van der Waals surface area contributed by atoms with Crippen LogP contribution in [-0.2, 0) is 23.1 Å². The molecule has 5 rings (SSSR count). The van der Waals surface area contributed by atoms with Crippen LogP contribution in [-0.4, -0.2) is 86.0 Å². The molecule has 5 atom stereocenters. The van der Waals surface area contributed by atoms with E-state index >= 15 is 0 Å². The standard InChI is InChI=1S/C17H17ClN5O6PS.Na.H/c1-26-13-12-10(6-27-30(24,25)29-12)28-16(13)23-15-11(14(19)20-7-21-15)22-17(23)31-9-4-2-8(18)3-5-9;;/h2-5,7,10,12-13,16H,6H2,1H3,(H,24,25)(H2,19,20,21);;. The minimum absolute atomic E-state index is 0. The first-order valence-corrected chi connectivity index (χ1v) is 11.8. The second-order valence-corrected chi connectivity index (χ2v) is 9.73. The fourth-order valence-electron chi connectivity index (χ4n) is 3.60. The van der Waals surface area contributed by atoms with Gasteiger partial charge in [-0.15, -0.1) is 0 Å². The van der Waals surface area contributed by atoms with Crippen molar-refractivity contribution in [2.45, 2.75) is 34.6 Å². The molecule has 2 fully saturated rings. The Morgan fingerprint density at radius 1 is 1.34 bits per heavy atom. The zero-order chi connectivity index (χ0) is 21.8. The Morgan fingerprint density at radius 2 is 2.09 bits per heavy atom. The third kappa shape index (κ3) is 4.47. The summed E-state index contributed by atoms with van der Waals surface area (Å²) in [5, 5.41) is 1.13. The summed E-state index contributed by atoms with van der Waals surface area (Å²) in [7, 11) is -2.71. The van der Waals surface area contributed by atoms with Gasteiger partial charge in [-0.25, -0.2) is 19.5 Å². The van der Waals surface area contributed by atoms with Crippen LogP contribution in [0, 0.1) is 0 Å².